The predicted molar refractivity (Wildman–Crippen MR) is 166 cm³/mol. The van der Waals surface area contributed by atoms with Crippen LogP contribution in [0, 0.1) is 13.8 Å². The van der Waals surface area contributed by atoms with Crippen molar-refractivity contribution in [2.24, 2.45) is 0 Å². The second kappa shape index (κ2) is 10.2. The SMILES string of the molecule is CCn1c(C)c(C(=CC2OC(=O)c3c(Cl)c(Cl)c(Cl)c(Cl)c32)c2c(C)n(CC)c3ccccc23)c2ccccc21. The summed E-state index contributed by atoms with van der Waals surface area (Å²) in [5.74, 6) is -0.582. The molecule has 0 radical (unpaired) electrons. The van der Waals surface area contributed by atoms with E-state index in [2.05, 4.69) is 73.2 Å². The first-order valence-electron chi connectivity index (χ1n) is 13.2. The van der Waals surface area contributed by atoms with Crippen LogP contribution in [0.5, 0.6) is 0 Å². The third kappa shape index (κ3) is 3.84. The lowest BCUT2D eigenvalue weighted by Gasteiger charge is -2.16. The number of hydrogen-bond donors (Lipinski definition) is 0. The summed E-state index contributed by atoms with van der Waals surface area (Å²) in [5, 5.41) is 2.58. The smallest absolute Gasteiger partial charge is 0.341 e. The van der Waals surface area contributed by atoms with E-state index in [9.17, 15) is 4.79 Å². The standard InChI is InChI=1S/C32H26Cl4N2O2/c1-5-37-16(3)24(18-11-7-9-13-21(18)37)20(25-17(4)38(6-2)22-14-10-8-12-19(22)25)15-23-26-27(32(39)40-23)29(34)31(36)30(35)28(26)33/h7-15,23H,5-6H2,1-4H3. The number of hydrogen-bond acceptors (Lipinski definition) is 2. The number of aryl methyl sites for hydroxylation is 2. The quantitative estimate of drug-likeness (QED) is 0.113. The summed E-state index contributed by atoms with van der Waals surface area (Å²) >= 11 is 26.0. The van der Waals surface area contributed by atoms with E-state index in [1.54, 1.807) is 0 Å². The molecule has 5 aromatic rings. The van der Waals surface area contributed by atoms with E-state index >= 15 is 0 Å². The highest BCUT2D eigenvalue weighted by Crippen LogP contribution is 2.50. The molecule has 0 spiro atoms. The minimum atomic E-state index is -0.816. The van der Waals surface area contributed by atoms with Gasteiger partial charge in [-0.2, -0.15) is 0 Å². The van der Waals surface area contributed by atoms with E-state index in [1.165, 1.54) is 0 Å². The van der Waals surface area contributed by atoms with Gasteiger partial charge in [0.25, 0.3) is 0 Å². The summed E-state index contributed by atoms with van der Waals surface area (Å²) in [6.07, 6.45) is 1.17. The van der Waals surface area contributed by atoms with Gasteiger partial charge in [-0.3, -0.25) is 0 Å². The van der Waals surface area contributed by atoms with Gasteiger partial charge in [0.2, 0.25) is 0 Å². The Morgan fingerprint density at radius 1 is 0.775 bits per heavy atom. The molecule has 0 saturated carbocycles. The van der Waals surface area contributed by atoms with Gasteiger partial charge in [0.15, 0.2) is 0 Å². The van der Waals surface area contributed by atoms with Gasteiger partial charge in [0.05, 0.1) is 25.7 Å². The first-order valence-corrected chi connectivity index (χ1v) is 14.7. The van der Waals surface area contributed by atoms with Crippen LogP contribution in [0.15, 0.2) is 54.6 Å². The summed E-state index contributed by atoms with van der Waals surface area (Å²) in [4.78, 5) is 13.1. The van der Waals surface area contributed by atoms with Crippen molar-refractivity contribution >= 4 is 79.8 Å². The molecular weight excluding hydrogens is 586 g/mol. The fourth-order valence-electron chi connectivity index (χ4n) is 6.27. The van der Waals surface area contributed by atoms with E-state index < -0.39 is 12.1 Å². The van der Waals surface area contributed by atoms with Gasteiger partial charge in [-0.15, -0.1) is 0 Å². The van der Waals surface area contributed by atoms with E-state index in [1.807, 2.05) is 18.2 Å². The third-order valence-corrected chi connectivity index (χ3v) is 9.79. The number of nitrogens with zero attached hydrogens (tertiary/aromatic N) is 2. The number of esters is 1. The largest absolute Gasteiger partial charge is 0.449 e. The lowest BCUT2D eigenvalue weighted by Crippen LogP contribution is -2.03. The van der Waals surface area contributed by atoms with Gasteiger partial charge < -0.3 is 13.9 Å². The average Bonchev–Trinajstić information content (AvgIpc) is 3.54. The van der Waals surface area contributed by atoms with Gasteiger partial charge in [0, 0.05) is 63.0 Å². The number of aromatic nitrogens is 2. The molecule has 0 N–H and O–H groups in total. The summed E-state index contributed by atoms with van der Waals surface area (Å²) in [6, 6.07) is 16.8. The van der Waals surface area contributed by atoms with Crippen LogP contribution in [-0.4, -0.2) is 15.1 Å². The van der Waals surface area contributed by atoms with Gasteiger partial charge in [-0.1, -0.05) is 82.8 Å². The maximum atomic E-state index is 13.1. The van der Waals surface area contributed by atoms with E-state index in [0.29, 0.717) is 5.56 Å². The minimum Gasteiger partial charge on any atom is -0.449 e. The molecule has 1 aliphatic heterocycles. The molecule has 3 heterocycles. The maximum Gasteiger partial charge on any atom is 0.341 e. The first kappa shape index (κ1) is 27.3. The first-order chi connectivity index (χ1) is 19.2. The Hall–Kier alpha value is -2.89. The summed E-state index contributed by atoms with van der Waals surface area (Å²) in [6.45, 7) is 10.2. The molecule has 0 fully saturated rings. The molecule has 0 bridgehead atoms. The van der Waals surface area contributed by atoms with Crippen molar-refractivity contribution in [3.05, 3.63) is 108 Å². The normalized spacial score (nSPS) is 14.7. The molecule has 3 aromatic carbocycles. The number of cyclic esters (lactones) is 1. The van der Waals surface area contributed by atoms with Crippen molar-refractivity contribution in [3.8, 4) is 0 Å². The highest BCUT2D eigenvalue weighted by atomic mass is 35.5. The van der Waals surface area contributed by atoms with Crippen LogP contribution in [0.1, 0.15) is 58.4 Å². The second-order valence-corrected chi connectivity index (χ2v) is 11.4. The Morgan fingerprint density at radius 3 is 1.75 bits per heavy atom. The van der Waals surface area contributed by atoms with Gasteiger partial charge in [-0.25, -0.2) is 4.79 Å². The van der Waals surface area contributed by atoms with Gasteiger partial charge >= 0.3 is 5.97 Å². The molecule has 0 aliphatic carbocycles. The van der Waals surface area contributed by atoms with Gasteiger partial charge in [0.1, 0.15) is 6.10 Å². The van der Waals surface area contributed by atoms with Crippen molar-refractivity contribution in [1.29, 1.82) is 0 Å². The second-order valence-electron chi connectivity index (χ2n) is 9.89. The van der Waals surface area contributed by atoms with Crippen LogP contribution in [0.2, 0.25) is 20.1 Å². The van der Waals surface area contributed by atoms with Crippen molar-refractivity contribution in [3.63, 3.8) is 0 Å². The van der Waals surface area contributed by atoms with Crippen LogP contribution in [0.4, 0.5) is 0 Å². The molecule has 0 saturated heterocycles. The van der Waals surface area contributed by atoms with Crippen LogP contribution in [-0.2, 0) is 17.8 Å². The van der Waals surface area contributed by atoms with Crippen molar-refractivity contribution in [2.75, 3.05) is 0 Å². The Labute approximate surface area is 252 Å². The molecule has 2 aromatic heterocycles. The highest BCUT2D eigenvalue weighted by molar-refractivity contribution is 6.53. The fraction of sp³-hybridized carbons (Fsp3) is 0.219. The summed E-state index contributed by atoms with van der Waals surface area (Å²) in [7, 11) is 0. The molecule has 4 nitrogen and oxygen atoms in total. The molecule has 8 heteroatoms. The average molecular weight is 612 g/mol. The molecule has 204 valence electrons. The number of para-hydroxylation sites is 2. The number of ether oxygens (including phenoxy) is 1. The summed E-state index contributed by atoms with van der Waals surface area (Å²) < 4.78 is 10.5. The highest BCUT2D eigenvalue weighted by Gasteiger charge is 2.38. The molecular formula is C32H26Cl4N2O2. The Morgan fingerprint density at radius 2 is 1.25 bits per heavy atom. The number of rotatable bonds is 5. The molecule has 1 atom stereocenters. The number of fused-ring (bicyclic) bond motifs is 3. The number of halogens is 4. The molecule has 1 unspecified atom stereocenters. The van der Waals surface area contributed by atoms with Crippen LogP contribution >= 0.6 is 46.4 Å². The maximum absolute atomic E-state index is 13.1. The summed E-state index contributed by atoms with van der Waals surface area (Å²) in [5.41, 5.74) is 8.19. The monoisotopic (exact) mass is 610 g/mol. The third-order valence-electron chi connectivity index (χ3n) is 7.98. The Balaban J connectivity index is 1.74. The van der Waals surface area contributed by atoms with E-state index in [-0.39, 0.29) is 25.7 Å². The topological polar surface area (TPSA) is 36.2 Å². The lowest BCUT2D eigenvalue weighted by atomic mass is 9.90. The van der Waals surface area contributed by atoms with Crippen molar-refractivity contribution < 1.29 is 9.53 Å². The van der Waals surface area contributed by atoms with Crippen molar-refractivity contribution in [2.45, 2.75) is 46.9 Å². The number of benzene rings is 3. The lowest BCUT2D eigenvalue weighted by molar-refractivity contribution is 0.0468. The molecule has 1 aliphatic rings. The van der Waals surface area contributed by atoms with E-state index in [0.717, 1.165) is 63.0 Å². The zero-order chi connectivity index (χ0) is 28.5. The van der Waals surface area contributed by atoms with Crippen LogP contribution in [0.3, 0.4) is 0 Å². The zero-order valence-corrected chi connectivity index (χ0v) is 25.4. The Bertz CT molecular complexity index is 1810. The van der Waals surface area contributed by atoms with Crippen LogP contribution in [0.25, 0.3) is 27.4 Å². The zero-order valence-electron chi connectivity index (χ0n) is 22.4. The predicted octanol–water partition coefficient (Wildman–Crippen LogP) is 10.2. The van der Waals surface area contributed by atoms with E-state index in [4.69, 9.17) is 51.1 Å². The molecule has 6 rings (SSSR count). The Kier molecular flexibility index (Phi) is 6.95. The number of carbonyl (C=O) groups excluding carboxylic acids is 1. The fourth-order valence-corrected chi connectivity index (χ4v) is 7.32. The molecule has 40 heavy (non-hydrogen) atoms. The number of carbonyl (C=O) groups is 1. The minimum absolute atomic E-state index is 0.0395. The van der Waals surface area contributed by atoms with Gasteiger partial charge in [-0.05, 0) is 51.5 Å². The van der Waals surface area contributed by atoms with Crippen LogP contribution < -0.4 is 0 Å². The van der Waals surface area contributed by atoms with Crippen molar-refractivity contribution in [1.82, 2.24) is 9.13 Å². The molecule has 0 amide bonds.